The summed E-state index contributed by atoms with van der Waals surface area (Å²) in [5.74, 6) is 0.482. The Bertz CT molecular complexity index is 800. The van der Waals surface area contributed by atoms with Crippen LogP contribution in [0.5, 0.6) is 5.75 Å². The molecular weight excluding hydrogens is 384 g/mol. The van der Waals surface area contributed by atoms with Crippen LogP contribution in [0.1, 0.15) is 19.3 Å². The summed E-state index contributed by atoms with van der Waals surface area (Å²) < 4.78 is 5.37. The molecule has 3 fully saturated rings. The largest absolute Gasteiger partial charge is 0.495 e. The van der Waals surface area contributed by atoms with Crippen LogP contribution >= 0.6 is 0 Å². The summed E-state index contributed by atoms with van der Waals surface area (Å²) in [7, 11) is 1.58. The third-order valence-electron chi connectivity index (χ3n) is 6.35. The van der Waals surface area contributed by atoms with Crippen molar-refractivity contribution in [2.24, 2.45) is 5.92 Å². The molecule has 0 aliphatic carbocycles. The minimum Gasteiger partial charge on any atom is -0.495 e. The Hall–Kier alpha value is -2.61. The molecule has 0 bridgehead atoms. The van der Waals surface area contributed by atoms with Crippen molar-refractivity contribution >= 4 is 23.4 Å². The minimum atomic E-state index is -0.333. The van der Waals surface area contributed by atoms with Gasteiger partial charge in [0.1, 0.15) is 5.75 Å². The Morgan fingerprint density at radius 2 is 1.70 bits per heavy atom. The molecule has 1 unspecified atom stereocenters. The number of hydrogen-bond donors (Lipinski definition) is 0. The average molecular weight is 415 g/mol. The van der Waals surface area contributed by atoms with E-state index in [1.807, 2.05) is 34.1 Å². The van der Waals surface area contributed by atoms with E-state index in [0.717, 1.165) is 25.9 Å². The van der Waals surface area contributed by atoms with Gasteiger partial charge in [-0.25, -0.2) is 0 Å². The first-order valence-electron chi connectivity index (χ1n) is 10.8. The van der Waals surface area contributed by atoms with Gasteiger partial charge in [0.25, 0.3) is 0 Å². The second-order valence-corrected chi connectivity index (χ2v) is 8.27. The molecule has 3 amide bonds. The number of rotatable bonds is 5. The molecule has 3 aliphatic heterocycles. The van der Waals surface area contributed by atoms with Crippen LogP contribution in [0, 0.1) is 5.92 Å². The van der Waals surface area contributed by atoms with Gasteiger partial charge in [0, 0.05) is 52.2 Å². The van der Waals surface area contributed by atoms with Gasteiger partial charge in [-0.05, 0) is 25.0 Å². The van der Waals surface area contributed by atoms with Gasteiger partial charge in [0.2, 0.25) is 17.7 Å². The number of likely N-dealkylation sites (tertiary alicyclic amines) is 1. The molecule has 3 saturated heterocycles. The summed E-state index contributed by atoms with van der Waals surface area (Å²) in [6, 6.07) is 7.39. The third kappa shape index (κ3) is 4.28. The van der Waals surface area contributed by atoms with Crippen molar-refractivity contribution in [2.45, 2.75) is 19.3 Å². The zero-order valence-electron chi connectivity index (χ0n) is 17.6. The lowest BCUT2D eigenvalue weighted by Crippen LogP contribution is -2.52. The average Bonchev–Trinajstić information content (AvgIpc) is 3.44. The van der Waals surface area contributed by atoms with Gasteiger partial charge in [-0.3, -0.25) is 19.3 Å². The molecule has 162 valence electrons. The molecule has 30 heavy (non-hydrogen) atoms. The number of ether oxygens (including phenoxy) is 1. The van der Waals surface area contributed by atoms with Crippen LogP contribution < -0.4 is 9.64 Å². The van der Waals surface area contributed by atoms with Crippen molar-refractivity contribution in [2.75, 3.05) is 64.4 Å². The topological polar surface area (TPSA) is 73.4 Å². The van der Waals surface area contributed by atoms with E-state index in [1.165, 1.54) is 0 Å². The monoisotopic (exact) mass is 414 g/mol. The molecule has 8 heteroatoms. The number of amides is 3. The number of carbonyl (C=O) groups is 3. The summed E-state index contributed by atoms with van der Waals surface area (Å²) >= 11 is 0. The molecule has 3 aliphatic rings. The number of nitrogens with zero attached hydrogens (tertiary/aromatic N) is 4. The zero-order valence-corrected chi connectivity index (χ0v) is 17.6. The first-order chi connectivity index (χ1) is 14.6. The first-order valence-corrected chi connectivity index (χ1v) is 10.8. The van der Waals surface area contributed by atoms with Gasteiger partial charge in [0.15, 0.2) is 0 Å². The Morgan fingerprint density at radius 3 is 2.40 bits per heavy atom. The first kappa shape index (κ1) is 20.7. The summed E-state index contributed by atoms with van der Waals surface area (Å²) in [5.41, 5.74) is 0.713. The number of methoxy groups -OCH3 is 1. The second-order valence-electron chi connectivity index (χ2n) is 8.27. The molecule has 0 aromatic heterocycles. The SMILES string of the molecule is COc1ccccc1N1CC(C(=O)N2CCN(CC(=O)N3CCCC3)CC2)CC1=O. The van der Waals surface area contributed by atoms with Crippen molar-refractivity contribution in [3.05, 3.63) is 24.3 Å². The minimum absolute atomic E-state index is 0.0336. The zero-order chi connectivity index (χ0) is 21.1. The van der Waals surface area contributed by atoms with Crippen LogP contribution in [0.4, 0.5) is 5.69 Å². The maximum atomic E-state index is 13.0. The fraction of sp³-hybridized carbons (Fsp3) is 0.591. The second kappa shape index (κ2) is 9.04. The Balaban J connectivity index is 1.30. The van der Waals surface area contributed by atoms with Gasteiger partial charge in [-0.1, -0.05) is 12.1 Å². The van der Waals surface area contributed by atoms with E-state index in [0.29, 0.717) is 50.7 Å². The molecule has 0 N–H and O–H groups in total. The fourth-order valence-electron chi connectivity index (χ4n) is 4.60. The molecule has 0 radical (unpaired) electrons. The van der Waals surface area contributed by atoms with E-state index in [2.05, 4.69) is 4.90 Å². The van der Waals surface area contributed by atoms with Crippen molar-refractivity contribution < 1.29 is 19.1 Å². The molecule has 1 atom stereocenters. The number of anilines is 1. The summed E-state index contributed by atoms with van der Waals surface area (Å²) in [6.07, 6.45) is 2.42. The van der Waals surface area contributed by atoms with Gasteiger partial charge in [0.05, 0.1) is 25.3 Å². The van der Waals surface area contributed by atoms with Crippen molar-refractivity contribution in [3.8, 4) is 5.75 Å². The van der Waals surface area contributed by atoms with Gasteiger partial charge in [-0.2, -0.15) is 0 Å². The molecule has 8 nitrogen and oxygen atoms in total. The van der Waals surface area contributed by atoms with Crippen LogP contribution in [-0.4, -0.2) is 91.9 Å². The van der Waals surface area contributed by atoms with E-state index in [9.17, 15) is 14.4 Å². The molecular formula is C22H30N4O4. The fourth-order valence-corrected chi connectivity index (χ4v) is 4.60. The van der Waals surface area contributed by atoms with E-state index >= 15 is 0 Å². The molecule has 0 spiro atoms. The van der Waals surface area contributed by atoms with Gasteiger partial charge < -0.3 is 19.4 Å². The molecule has 3 heterocycles. The van der Waals surface area contributed by atoms with Gasteiger partial charge >= 0.3 is 0 Å². The van der Waals surface area contributed by atoms with E-state index in [1.54, 1.807) is 12.0 Å². The highest BCUT2D eigenvalue weighted by atomic mass is 16.5. The normalized spacial score (nSPS) is 22.6. The van der Waals surface area contributed by atoms with Crippen molar-refractivity contribution in [3.63, 3.8) is 0 Å². The van der Waals surface area contributed by atoms with Crippen LogP contribution in [0.25, 0.3) is 0 Å². The molecule has 1 aromatic carbocycles. The summed E-state index contributed by atoms with van der Waals surface area (Å²) in [5, 5.41) is 0. The van der Waals surface area contributed by atoms with E-state index in [4.69, 9.17) is 4.74 Å². The highest BCUT2D eigenvalue weighted by Crippen LogP contribution is 2.33. The number of carbonyl (C=O) groups excluding carboxylic acids is 3. The summed E-state index contributed by atoms with van der Waals surface area (Å²) in [6.45, 7) is 5.16. The van der Waals surface area contributed by atoms with Crippen LogP contribution in [0.2, 0.25) is 0 Å². The quantitative estimate of drug-likeness (QED) is 0.713. The highest BCUT2D eigenvalue weighted by molar-refractivity contribution is 6.01. The number of piperazine rings is 1. The highest BCUT2D eigenvalue weighted by Gasteiger charge is 2.39. The Labute approximate surface area is 177 Å². The standard InChI is InChI=1S/C22H30N4O4/c1-30-19-7-3-2-6-18(19)26-15-17(14-20(26)27)22(29)25-12-10-23(11-13-25)16-21(28)24-8-4-5-9-24/h2-3,6-7,17H,4-5,8-16H2,1H3. The lowest BCUT2D eigenvalue weighted by Gasteiger charge is -2.36. The maximum Gasteiger partial charge on any atom is 0.236 e. The van der Waals surface area contributed by atoms with Gasteiger partial charge in [-0.15, -0.1) is 0 Å². The van der Waals surface area contributed by atoms with Crippen LogP contribution in [0.15, 0.2) is 24.3 Å². The number of benzene rings is 1. The van der Waals surface area contributed by atoms with Crippen LogP contribution in [0.3, 0.4) is 0 Å². The molecule has 0 saturated carbocycles. The van der Waals surface area contributed by atoms with E-state index in [-0.39, 0.29) is 30.1 Å². The lowest BCUT2D eigenvalue weighted by molar-refractivity contribution is -0.138. The van der Waals surface area contributed by atoms with Crippen molar-refractivity contribution in [1.82, 2.24) is 14.7 Å². The van der Waals surface area contributed by atoms with E-state index < -0.39 is 0 Å². The lowest BCUT2D eigenvalue weighted by atomic mass is 10.1. The molecule has 1 aromatic rings. The summed E-state index contributed by atoms with van der Waals surface area (Å²) in [4.78, 5) is 45.5. The smallest absolute Gasteiger partial charge is 0.236 e. The van der Waals surface area contributed by atoms with Crippen molar-refractivity contribution in [1.29, 1.82) is 0 Å². The Morgan fingerprint density at radius 1 is 1.00 bits per heavy atom. The predicted octanol–water partition coefficient (Wildman–Crippen LogP) is 0.815. The maximum absolute atomic E-state index is 13.0. The number of para-hydroxylation sites is 2. The number of hydrogen-bond acceptors (Lipinski definition) is 5. The molecule has 4 rings (SSSR count). The van der Waals surface area contributed by atoms with Crippen LogP contribution in [-0.2, 0) is 14.4 Å². The predicted molar refractivity (Wildman–Crippen MR) is 112 cm³/mol. The Kier molecular flexibility index (Phi) is 6.22. The third-order valence-corrected chi connectivity index (χ3v) is 6.35.